The zero-order chi connectivity index (χ0) is 16.5. The molecule has 5 heteroatoms. The minimum Gasteiger partial charge on any atom is -0.469 e. The minimum absolute atomic E-state index is 0.0445. The molecule has 1 aliphatic carbocycles. The van der Waals surface area contributed by atoms with Crippen molar-refractivity contribution in [3.05, 3.63) is 24.3 Å². The summed E-state index contributed by atoms with van der Waals surface area (Å²) < 4.78 is 4.60. The van der Waals surface area contributed by atoms with Crippen LogP contribution >= 0.6 is 0 Å². The lowest BCUT2D eigenvalue weighted by molar-refractivity contribution is -0.140. The Morgan fingerprint density at radius 3 is 2.35 bits per heavy atom. The van der Waals surface area contributed by atoms with Gasteiger partial charge in [0.05, 0.1) is 18.5 Å². The summed E-state index contributed by atoms with van der Waals surface area (Å²) >= 11 is 0. The van der Waals surface area contributed by atoms with E-state index in [0.717, 1.165) is 37.1 Å². The maximum Gasteiger partial charge on any atom is 0.305 e. The van der Waals surface area contributed by atoms with E-state index in [0.29, 0.717) is 18.9 Å². The van der Waals surface area contributed by atoms with Crippen LogP contribution in [0.4, 0.5) is 11.4 Å². The summed E-state index contributed by atoms with van der Waals surface area (Å²) in [5, 5.41) is 6.42. The van der Waals surface area contributed by atoms with Gasteiger partial charge < -0.3 is 15.4 Å². The zero-order valence-corrected chi connectivity index (χ0v) is 13.8. The van der Waals surface area contributed by atoms with Gasteiger partial charge in [-0.2, -0.15) is 0 Å². The fraction of sp³-hybridized carbons (Fsp3) is 0.556. The quantitative estimate of drug-likeness (QED) is 0.510. The number of esters is 1. The third kappa shape index (κ3) is 6.72. The number of para-hydroxylation sites is 2. The Morgan fingerprint density at radius 1 is 1.04 bits per heavy atom. The number of carbonyl (C=O) groups excluding carboxylic acids is 2. The molecule has 1 saturated carbocycles. The van der Waals surface area contributed by atoms with E-state index >= 15 is 0 Å². The summed E-state index contributed by atoms with van der Waals surface area (Å²) in [6.07, 6.45) is 6.93. The molecular weight excluding hydrogens is 292 g/mol. The van der Waals surface area contributed by atoms with Crippen LogP contribution in [-0.2, 0) is 14.3 Å². The number of carbonyl (C=O) groups is 2. The van der Waals surface area contributed by atoms with Crippen LogP contribution in [0.3, 0.4) is 0 Å². The van der Waals surface area contributed by atoms with Crippen LogP contribution in [-0.4, -0.2) is 25.0 Å². The van der Waals surface area contributed by atoms with Crippen molar-refractivity contribution < 1.29 is 14.3 Å². The maximum atomic E-state index is 12.0. The fourth-order valence-corrected chi connectivity index (χ4v) is 2.39. The van der Waals surface area contributed by atoms with Crippen LogP contribution in [0.2, 0.25) is 0 Å². The molecule has 1 aromatic carbocycles. The van der Waals surface area contributed by atoms with Gasteiger partial charge in [0.25, 0.3) is 0 Å². The van der Waals surface area contributed by atoms with Crippen molar-refractivity contribution in [3.63, 3.8) is 0 Å². The normalized spacial score (nSPS) is 13.4. The molecule has 2 N–H and O–H groups in total. The Hall–Kier alpha value is -2.04. The van der Waals surface area contributed by atoms with Crippen molar-refractivity contribution in [1.82, 2.24) is 0 Å². The number of hydrogen-bond donors (Lipinski definition) is 2. The standard InChI is InChI=1S/C18H26N2O3/c1-23-18(22)11-5-3-2-4-10-17(21)20-16-9-7-6-8-15(16)19-14-12-13-14/h6-9,14,19H,2-5,10-13H2,1H3,(H,20,21). The average Bonchev–Trinajstić information content (AvgIpc) is 3.36. The number of nitrogens with one attached hydrogen (secondary N) is 2. The average molecular weight is 318 g/mol. The number of amides is 1. The van der Waals surface area contributed by atoms with Gasteiger partial charge in [-0.3, -0.25) is 9.59 Å². The fourth-order valence-electron chi connectivity index (χ4n) is 2.39. The summed E-state index contributed by atoms with van der Waals surface area (Å²) in [6, 6.07) is 8.39. The highest BCUT2D eigenvalue weighted by atomic mass is 16.5. The Morgan fingerprint density at radius 2 is 1.70 bits per heavy atom. The molecular formula is C18H26N2O3. The number of benzene rings is 1. The van der Waals surface area contributed by atoms with Crippen LogP contribution in [0.1, 0.15) is 51.4 Å². The molecule has 0 aliphatic heterocycles. The second kappa shape index (κ2) is 9.18. The van der Waals surface area contributed by atoms with Crippen LogP contribution in [0, 0.1) is 0 Å². The molecule has 0 bridgehead atoms. The van der Waals surface area contributed by atoms with Gasteiger partial charge >= 0.3 is 5.97 Å². The van der Waals surface area contributed by atoms with Crippen LogP contribution in [0.15, 0.2) is 24.3 Å². The van der Waals surface area contributed by atoms with Crippen LogP contribution in [0.25, 0.3) is 0 Å². The number of unbranched alkanes of at least 4 members (excludes halogenated alkanes) is 3. The van der Waals surface area contributed by atoms with E-state index in [2.05, 4.69) is 15.4 Å². The molecule has 0 aromatic heterocycles. The predicted octanol–water partition coefficient (Wildman–Crippen LogP) is 3.71. The summed E-state index contributed by atoms with van der Waals surface area (Å²) in [4.78, 5) is 23.0. The van der Waals surface area contributed by atoms with E-state index in [-0.39, 0.29) is 11.9 Å². The molecule has 0 heterocycles. The summed E-state index contributed by atoms with van der Waals surface area (Å²) in [7, 11) is 1.41. The number of anilines is 2. The first-order valence-electron chi connectivity index (χ1n) is 8.41. The number of ether oxygens (including phenoxy) is 1. The molecule has 1 aliphatic rings. The predicted molar refractivity (Wildman–Crippen MR) is 91.4 cm³/mol. The van der Waals surface area contributed by atoms with E-state index in [4.69, 9.17) is 0 Å². The second-order valence-corrected chi connectivity index (χ2v) is 6.00. The van der Waals surface area contributed by atoms with E-state index in [1.54, 1.807) is 0 Å². The molecule has 0 spiro atoms. The molecule has 1 amide bonds. The SMILES string of the molecule is COC(=O)CCCCCCC(=O)Nc1ccccc1NC1CC1. The van der Waals surface area contributed by atoms with Gasteiger partial charge in [0, 0.05) is 18.9 Å². The summed E-state index contributed by atoms with van der Waals surface area (Å²) in [5.41, 5.74) is 1.86. The molecule has 5 nitrogen and oxygen atoms in total. The van der Waals surface area contributed by atoms with Crippen molar-refractivity contribution in [2.75, 3.05) is 17.7 Å². The van der Waals surface area contributed by atoms with E-state index in [1.807, 2.05) is 24.3 Å². The van der Waals surface area contributed by atoms with E-state index in [9.17, 15) is 9.59 Å². The van der Waals surface area contributed by atoms with Crippen molar-refractivity contribution in [2.45, 2.75) is 57.4 Å². The highest BCUT2D eigenvalue weighted by Crippen LogP contribution is 2.29. The van der Waals surface area contributed by atoms with Crippen LogP contribution < -0.4 is 10.6 Å². The number of methoxy groups -OCH3 is 1. The molecule has 2 rings (SSSR count). The smallest absolute Gasteiger partial charge is 0.305 e. The van der Waals surface area contributed by atoms with Crippen molar-refractivity contribution in [2.24, 2.45) is 0 Å². The Balaban J connectivity index is 1.64. The first-order valence-corrected chi connectivity index (χ1v) is 8.41. The zero-order valence-electron chi connectivity index (χ0n) is 13.8. The molecule has 0 radical (unpaired) electrons. The molecule has 23 heavy (non-hydrogen) atoms. The molecule has 0 atom stereocenters. The summed E-state index contributed by atoms with van der Waals surface area (Å²) in [5.74, 6) is -0.120. The first kappa shape index (κ1) is 17.3. The van der Waals surface area contributed by atoms with Gasteiger partial charge in [-0.15, -0.1) is 0 Å². The van der Waals surface area contributed by atoms with Gasteiger partial charge in [-0.25, -0.2) is 0 Å². The Labute approximate surface area is 137 Å². The molecule has 1 aromatic rings. The van der Waals surface area contributed by atoms with Crippen molar-refractivity contribution in [1.29, 1.82) is 0 Å². The molecule has 126 valence electrons. The third-order valence-corrected chi connectivity index (χ3v) is 3.90. The van der Waals surface area contributed by atoms with Gasteiger partial charge in [0.15, 0.2) is 0 Å². The Bertz CT molecular complexity index is 527. The first-order chi connectivity index (χ1) is 11.2. The largest absolute Gasteiger partial charge is 0.469 e. The van der Waals surface area contributed by atoms with E-state index < -0.39 is 0 Å². The van der Waals surface area contributed by atoms with Crippen LogP contribution in [0.5, 0.6) is 0 Å². The molecule has 0 unspecified atom stereocenters. The number of rotatable bonds is 10. The minimum atomic E-state index is -0.164. The van der Waals surface area contributed by atoms with Crippen molar-refractivity contribution in [3.8, 4) is 0 Å². The lowest BCUT2D eigenvalue weighted by atomic mass is 10.1. The third-order valence-electron chi connectivity index (χ3n) is 3.90. The highest BCUT2D eigenvalue weighted by molar-refractivity contribution is 5.94. The lowest BCUT2D eigenvalue weighted by Crippen LogP contribution is -2.13. The molecule has 1 fully saturated rings. The van der Waals surface area contributed by atoms with Crippen molar-refractivity contribution >= 4 is 23.3 Å². The Kier molecular flexibility index (Phi) is 6.91. The monoisotopic (exact) mass is 318 g/mol. The highest BCUT2D eigenvalue weighted by Gasteiger charge is 2.21. The topological polar surface area (TPSA) is 67.4 Å². The van der Waals surface area contributed by atoms with Gasteiger partial charge in [-0.05, 0) is 37.8 Å². The maximum absolute atomic E-state index is 12.0. The lowest BCUT2D eigenvalue weighted by Gasteiger charge is -2.12. The van der Waals surface area contributed by atoms with E-state index in [1.165, 1.54) is 20.0 Å². The number of hydrogen-bond acceptors (Lipinski definition) is 4. The van der Waals surface area contributed by atoms with Gasteiger partial charge in [0.2, 0.25) is 5.91 Å². The van der Waals surface area contributed by atoms with Gasteiger partial charge in [0.1, 0.15) is 0 Å². The molecule has 0 saturated heterocycles. The van der Waals surface area contributed by atoms with Gasteiger partial charge in [-0.1, -0.05) is 25.0 Å². The summed E-state index contributed by atoms with van der Waals surface area (Å²) in [6.45, 7) is 0. The second-order valence-electron chi connectivity index (χ2n) is 6.00.